The number of ether oxygens (including phenoxy) is 2. The SMILES string of the molecule is COc1cc2c(cc1OC)C(c1ccccc1)N(C(=O)CSc1ccccc1F)CC2. The van der Waals surface area contributed by atoms with Crippen molar-refractivity contribution in [3.05, 3.63) is 89.2 Å². The Morgan fingerprint density at radius 2 is 1.71 bits per heavy atom. The van der Waals surface area contributed by atoms with Gasteiger partial charge in [-0.05, 0) is 47.4 Å². The summed E-state index contributed by atoms with van der Waals surface area (Å²) in [5, 5.41) is 0. The molecule has 4 rings (SSSR count). The van der Waals surface area contributed by atoms with Crippen LogP contribution in [0.3, 0.4) is 0 Å². The Morgan fingerprint density at radius 3 is 2.42 bits per heavy atom. The fourth-order valence-electron chi connectivity index (χ4n) is 3.99. The van der Waals surface area contributed by atoms with Gasteiger partial charge in [-0.2, -0.15) is 0 Å². The van der Waals surface area contributed by atoms with Crippen LogP contribution in [0.2, 0.25) is 0 Å². The Labute approximate surface area is 186 Å². The Bertz CT molecular complexity index is 1070. The van der Waals surface area contributed by atoms with Gasteiger partial charge in [0.2, 0.25) is 5.91 Å². The Kier molecular flexibility index (Phi) is 6.47. The van der Waals surface area contributed by atoms with E-state index in [9.17, 15) is 9.18 Å². The lowest BCUT2D eigenvalue weighted by Gasteiger charge is -2.38. The normalized spacial score (nSPS) is 15.3. The number of thioether (sulfide) groups is 1. The van der Waals surface area contributed by atoms with Gasteiger partial charge in [-0.15, -0.1) is 11.8 Å². The van der Waals surface area contributed by atoms with Crippen molar-refractivity contribution in [2.24, 2.45) is 0 Å². The largest absolute Gasteiger partial charge is 0.493 e. The van der Waals surface area contributed by atoms with Crippen LogP contribution in [-0.4, -0.2) is 37.3 Å². The summed E-state index contributed by atoms with van der Waals surface area (Å²) in [5.41, 5.74) is 3.19. The predicted molar refractivity (Wildman–Crippen MR) is 120 cm³/mol. The molecule has 0 aliphatic carbocycles. The third-order valence-corrected chi connectivity index (χ3v) is 6.53. The zero-order chi connectivity index (χ0) is 21.8. The molecule has 1 aliphatic rings. The number of methoxy groups -OCH3 is 2. The summed E-state index contributed by atoms with van der Waals surface area (Å²) >= 11 is 1.23. The molecule has 160 valence electrons. The minimum absolute atomic E-state index is 0.0254. The van der Waals surface area contributed by atoms with Crippen LogP contribution in [0.25, 0.3) is 0 Å². The van der Waals surface area contributed by atoms with Crippen LogP contribution >= 0.6 is 11.8 Å². The minimum atomic E-state index is -0.305. The molecule has 0 saturated heterocycles. The standard InChI is InChI=1S/C25H24FNO3S/c1-29-21-14-18-12-13-27(24(28)16-31-23-11-7-6-10-20(23)26)25(17-8-4-3-5-9-17)19(18)15-22(21)30-2/h3-11,14-15,25H,12-13,16H2,1-2H3. The predicted octanol–water partition coefficient (Wildman–Crippen LogP) is 5.11. The summed E-state index contributed by atoms with van der Waals surface area (Å²) in [4.78, 5) is 15.6. The number of amides is 1. The first-order valence-electron chi connectivity index (χ1n) is 10.1. The van der Waals surface area contributed by atoms with Gasteiger partial charge < -0.3 is 14.4 Å². The third kappa shape index (κ3) is 4.39. The summed E-state index contributed by atoms with van der Waals surface area (Å²) < 4.78 is 25.0. The molecular formula is C25H24FNO3S. The lowest BCUT2D eigenvalue weighted by molar-refractivity contribution is -0.130. The highest BCUT2D eigenvalue weighted by Gasteiger charge is 2.33. The summed E-state index contributed by atoms with van der Waals surface area (Å²) in [7, 11) is 3.23. The number of hydrogen-bond donors (Lipinski definition) is 0. The van der Waals surface area contributed by atoms with Gasteiger partial charge in [0.15, 0.2) is 11.5 Å². The van der Waals surface area contributed by atoms with E-state index < -0.39 is 0 Å². The van der Waals surface area contributed by atoms with E-state index in [1.165, 1.54) is 17.8 Å². The van der Waals surface area contributed by atoms with Crippen LogP contribution in [0.1, 0.15) is 22.7 Å². The first-order valence-corrected chi connectivity index (χ1v) is 11.1. The van der Waals surface area contributed by atoms with Crippen LogP contribution in [0.15, 0.2) is 71.6 Å². The highest BCUT2D eigenvalue weighted by molar-refractivity contribution is 8.00. The van der Waals surface area contributed by atoms with Crippen molar-refractivity contribution in [2.45, 2.75) is 17.4 Å². The van der Waals surface area contributed by atoms with Gasteiger partial charge in [0.1, 0.15) is 5.82 Å². The number of nitrogens with zero attached hydrogens (tertiary/aromatic N) is 1. The molecule has 31 heavy (non-hydrogen) atoms. The Hall–Kier alpha value is -2.99. The van der Waals surface area contributed by atoms with Crippen molar-refractivity contribution in [3.63, 3.8) is 0 Å². The lowest BCUT2D eigenvalue weighted by Crippen LogP contribution is -2.41. The maximum absolute atomic E-state index is 14.0. The van der Waals surface area contributed by atoms with Crippen molar-refractivity contribution in [2.75, 3.05) is 26.5 Å². The van der Waals surface area contributed by atoms with Crippen LogP contribution in [-0.2, 0) is 11.2 Å². The van der Waals surface area contributed by atoms with E-state index in [0.717, 1.165) is 23.1 Å². The van der Waals surface area contributed by atoms with Gasteiger partial charge in [-0.1, -0.05) is 42.5 Å². The first kappa shape index (κ1) is 21.2. The van der Waals surface area contributed by atoms with Crippen LogP contribution in [0.5, 0.6) is 11.5 Å². The topological polar surface area (TPSA) is 38.8 Å². The third-order valence-electron chi connectivity index (χ3n) is 5.50. The van der Waals surface area contributed by atoms with Gasteiger partial charge in [0.05, 0.1) is 26.0 Å². The molecule has 1 atom stereocenters. The molecule has 0 bridgehead atoms. The average molecular weight is 438 g/mol. The number of fused-ring (bicyclic) bond motifs is 1. The van der Waals surface area contributed by atoms with Gasteiger partial charge in [-0.25, -0.2) is 4.39 Å². The lowest BCUT2D eigenvalue weighted by atomic mass is 9.87. The Balaban J connectivity index is 1.68. The van der Waals surface area contributed by atoms with Crippen LogP contribution in [0.4, 0.5) is 4.39 Å². The van der Waals surface area contributed by atoms with Gasteiger partial charge in [0, 0.05) is 11.4 Å². The van der Waals surface area contributed by atoms with Crippen molar-refractivity contribution in [1.82, 2.24) is 4.90 Å². The smallest absolute Gasteiger partial charge is 0.233 e. The molecule has 0 aromatic heterocycles. The highest BCUT2D eigenvalue weighted by Crippen LogP contribution is 2.41. The molecule has 0 radical (unpaired) electrons. The summed E-state index contributed by atoms with van der Waals surface area (Å²) in [5.74, 6) is 1.16. The van der Waals surface area contributed by atoms with E-state index in [1.54, 1.807) is 32.4 Å². The number of benzene rings is 3. The second-order valence-corrected chi connectivity index (χ2v) is 8.29. The monoisotopic (exact) mass is 437 g/mol. The maximum atomic E-state index is 14.0. The fourth-order valence-corrected chi connectivity index (χ4v) is 4.82. The Morgan fingerprint density at radius 1 is 1.03 bits per heavy atom. The summed E-state index contributed by atoms with van der Waals surface area (Å²) in [6.45, 7) is 0.582. The molecule has 0 spiro atoms. The molecule has 4 nitrogen and oxygen atoms in total. The number of hydrogen-bond acceptors (Lipinski definition) is 4. The molecule has 1 amide bonds. The highest BCUT2D eigenvalue weighted by atomic mass is 32.2. The van der Waals surface area contributed by atoms with Crippen molar-refractivity contribution < 1.29 is 18.7 Å². The molecule has 1 unspecified atom stereocenters. The van der Waals surface area contributed by atoms with Crippen molar-refractivity contribution >= 4 is 17.7 Å². The zero-order valence-corrected chi connectivity index (χ0v) is 18.3. The number of halogens is 1. The van der Waals surface area contributed by atoms with Crippen molar-refractivity contribution in [3.8, 4) is 11.5 Å². The molecule has 0 N–H and O–H groups in total. The molecule has 0 saturated carbocycles. The molecule has 6 heteroatoms. The van der Waals surface area contributed by atoms with Gasteiger partial charge >= 0.3 is 0 Å². The van der Waals surface area contributed by atoms with E-state index in [2.05, 4.69) is 0 Å². The summed E-state index contributed by atoms with van der Waals surface area (Å²) in [6.07, 6.45) is 0.717. The number of carbonyl (C=O) groups excluding carboxylic acids is 1. The van der Waals surface area contributed by atoms with E-state index in [1.807, 2.05) is 47.4 Å². The first-order chi connectivity index (χ1) is 15.1. The van der Waals surface area contributed by atoms with E-state index in [-0.39, 0.29) is 23.5 Å². The molecule has 0 fully saturated rings. The zero-order valence-electron chi connectivity index (χ0n) is 17.5. The number of carbonyl (C=O) groups is 1. The van der Waals surface area contributed by atoms with E-state index in [4.69, 9.17) is 9.47 Å². The van der Waals surface area contributed by atoms with Gasteiger partial charge in [0.25, 0.3) is 0 Å². The quantitative estimate of drug-likeness (QED) is 0.503. The molecule has 1 heterocycles. The van der Waals surface area contributed by atoms with E-state index >= 15 is 0 Å². The van der Waals surface area contributed by atoms with Crippen LogP contribution in [0, 0.1) is 5.82 Å². The maximum Gasteiger partial charge on any atom is 0.233 e. The van der Waals surface area contributed by atoms with Gasteiger partial charge in [-0.3, -0.25) is 4.79 Å². The second-order valence-electron chi connectivity index (χ2n) is 7.28. The fraction of sp³-hybridized carbons (Fsp3) is 0.240. The summed E-state index contributed by atoms with van der Waals surface area (Å²) in [6, 6.07) is 20.2. The minimum Gasteiger partial charge on any atom is -0.493 e. The second kappa shape index (κ2) is 9.43. The molecule has 3 aromatic rings. The molecule has 3 aromatic carbocycles. The number of rotatable bonds is 6. The van der Waals surface area contributed by atoms with E-state index in [0.29, 0.717) is 22.9 Å². The molecule has 1 aliphatic heterocycles. The van der Waals surface area contributed by atoms with Crippen molar-refractivity contribution in [1.29, 1.82) is 0 Å². The molecular weight excluding hydrogens is 413 g/mol. The average Bonchev–Trinajstić information content (AvgIpc) is 2.82. The van der Waals surface area contributed by atoms with Crippen LogP contribution < -0.4 is 9.47 Å².